The SMILES string of the molecule is CC(C)(C)OC(=O)N1C[C@@H]2C(Oc3cc(C(C)(C)N)cc(OCC45CC(C4)C5)n3)[C@@H]2C1. The number of nitrogens with two attached hydrogens (primary N) is 1. The Kier molecular flexibility index (Phi) is 4.53. The van der Waals surface area contributed by atoms with Crippen LogP contribution in [0, 0.1) is 23.2 Å². The number of fused-ring (bicyclic) bond motifs is 1. The predicted molar refractivity (Wildman–Crippen MR) is 116 cm³/mol. The average molecular weight is 430 g/mol. The van der Waals surface area contributed by atoms with Crippen molar-refractivity contribution in [2.75, 3.05) is 19.7 Å². The Morgan fingerprint density at radius 3 is 2.26 bits per heavy atom. The molecule has 2 bridgehead atoms. The Bertz CT molecular complexity index is 859. The van der Waals surface area contributed by atoms with Crippen molar-refractivity contribution in [3.8, 4) is 11.8 Å². The molecule has 2 heterocycles. The summed E-state index contributed by atoms with van der Waals surface area (Å²) in [5.74, 6) is 2.74. The minimum absolute atomic E-state index is 0.0767. The van der Waals surface area contributed by atoms with E-state index in [2.05, 4.69) is 4.98 Å². The van der Waals surface area contributed by atoms with Gasteiger partial charge in [0.05, 0.1) is 6.61 Å². The van der Waals surface area contributed by atoms with Crippen LogP contribution in [0.5, 0.6) is 11.8 Å². The molecule has 4 saturated carbocycles. The lowest BCUT2D eigenvalue weighted by molar-refractivity contribution is -0.132. The van der Waals surface area contributed by atoms with Gasteiger partial charge in [-0.1, -0.05) is 0 Å². The smallest absolute Gasteiger partial charge is 0.410 e. The Balaban J connectivity index is 1.22. The van der Waals surface area contributed by atoms with Crippen molar-refractivity contribution in [1.82, 2.24) is 9.88 Å². The van der Waals surface area contributed by atoms with Crippen molar-refractivity contribution < 1.29 is 19.0 Å². The number of carbonyl (C=O) groups excluding carboxylic acids is 1. The maximum atomic E-state index is 12.3. The van der Waals surface area contributed by atoms with Crippen LogP contribution in [-0.4, -0.2) is 47.4 Å². The topological polar surface area (TPSA) is 86.9 Å². The Morgan fingerprint density at radius 2 is 1.74 bits per heavy atom. The minimum Gasteiger partial charge on any atom is -0.477 e. The third-order valence-electron chi connectivity index (χ3n) is 7.24. The lowest BCUT2D eigenvalue weighted by Crippen LogP contribution is -2.55. The normalized spacial score (nSPS) is 33.2. The second-order valence-electron chi connectivity index (χ2n) is 11.8. The van der Waals surface area contributed by atoms with E-state index in [1.807, 2.05) is 46.8 Å². The highest BCUT2D eigenvalue weighted by Gasteiger charge is 2.60. The summed E-state index contributed by atoms with van der Waals surface area (Å²) in [7, 11) is 0. The fourth-order valence-corrected chi connectivity index (χ4v) is 5.31. The van der Waals surface area contributed by atoms with Crippen molar-refractivity contribution in [1.29, 1.82) is 0 Å². The van der Waals surface area contributed by atoms with E-state index in [1.165, 1.54) is 19.3 Å². The van der Waals surface area contributed by atoms with Crippen LogP contribution in [-0.2, 0) is 10.3 Å². The predicted octanol–water partition coefficient (Wildman–Crippen LogP) is 3.70. The van der Waals surface area contributed by atoms with Crippen LogP contribution >= 0.6 is 0 Å². The molecular weight excluding hydrogens is 394 g/mol. The van der Waals surface area contributed by atoms with Crippen molar-refractivity contribution in [3.63, 3.8) is 0 Å². The highest BCUT2D eigenvalue weighted by Crippen LogP contribution is 2.64. The first-order valence-corrected chi connectivity index (χ1v) is 11.5. The molecule has 7 nitrogen and oxygen atoms in total. The third kappa shape index (κ3) is 4.09. The summed E-state index contributed by atoms with van der Waals surface area (Å²) in [6.07, 6.45) is 3.70. The van der Waals surface area contributed by atoms with Gasteiger partial charge in [-0.3, -0.25) is 0 Å². The zero-order chi connectivity index (χ0) is 22.2. The molecule has 31 heavy (non-hydrogen) atoms. The number of nitrogens with zero attached hydrogens (tertiary/aromatic N) is 2. The minimum atomic E-state index is -0.511. The average Bonchev–Trinajstić information content (AvgIpc) is 3.00. The second-order valence-corrected chi connectivity index (χ2v) is 11.8. The summed E-state index contributed by atoms with van der Waals surface area (Å²) in [5, 5.41) is 0. The van der Waals surface area contributed by atoms with Crippen LogP contribution in [0.15, 0.2) is 12.1 Å². The third-order valence-corrected chi connectivity index (χ3v) is 7.24. The van der Waals surface area contributed by atoms with Gasteiger partial charge in [0.1, 0.15) is 11.7 Å². The van der Waals surface area contributed by atoms with Gasteiger partial charge in [0.2, 0.25) is 11.8 Å². The molecule has 0 radical (unpaired) electrons. The molecule has 1 unspecified atom stereocenters. The van der Waals surface area contributed by atoms with Crippen molar-refractivity contribution in [2.24, 2.45) is 28.9 Å². The van der Waals surface area contributed by atoms with Crippen molar-refractivity contribution in [2.45, 2.75) is 71.1 Å². The van der Waals surface area contributed by atoms with Crippen molar-refractivity contribution >= 4 is 6.09 Å². The van der Waals surface area contributed by atoms with Gasteiger partial charge in [0, 0.05) is 48.0 Å². The van der Waals surface area contributed by atoms with Gasteiger partial charge >= 0.3 is 6.09 Å². The molecule has 3 atom stereocenters. The molecule has 1 aromatic rings. The molecular formula is C24H35N3O4. The summed E-state index contributed by atoms with van der Waals surface area (Å²) in [4.78, 5) is 18.7. The standard InChI is InChI=1S/C24H35N3O4/c1-22(2,3)31-21(28)27-11-16-17(12-27)20(16)30-19-7-15(23(4,5)25)6-18(26-19)29-13-24-8-14(9-24)10-24/h6-7,14,16-17,20H,8-13,25H2,1-5H3/t14?,16-,17+,20?,24?. The second kappa shape index (κ2) is 6.74. The number of amides is 1. The lowest BCUT2D eigenvalue weighted by Gasteiger charge is -2.61. The molecule has 5 aliphatic rings. The largest absolute Gasteiger partial charge is 0.477 e. The van der Waals surface area contributed by atoms with Crippen LogP contribution in [0.1, 0.15) is 59.4 Å². The molecule has 1 aliphatic heterocycles. The van der Waals surface area contributed by atoms with Gasteiger partial charge in [-0.15, -0.1) is 0 Å². The number of rotatable bonds is 6. The Labute approximate surface area is 184 Å². The molecule has 1 saturated heterocycles. The number of piperidine rings is 1. The summed E-state index contributed by atoms with van der Waals surface area (Å²) >= 11 is 0. The molecule has 4 aliphatic carbocycles. The molecule has 2 N–H and O–H groups in total. The maximum Gasteiger partial charge on any atom is 0.410 e. The van der Waals surface area contributed by atoms with Crippen LogP contribution in [0.4, 0.5) is 4.79 Å². The summed E-state index contributed by atoms with van der Waals surface area (Å²) in [6, 6.07) is 3.86. The first kappa shape index (κ1) is 20.9. The van der Waals surface area contributed by atoms with E-state index in [9.17, 15) is 4.79 Å². The lowest BCUT2D eigenvalue weighted by atomic mass is 9.45. The van der Waals surface area contributed by atoms with Gasteiger partial charge in [0.15, 0.2) is 0 Å². The number of likely N-dealkylation sites (tertiary alicyclic amines) is 1. The summed E-state index contributed by atoms with van der Waals surface area (Å²) < 4.78 is 17.8. The molecule has 0 spiro atoms. The summed E-state index contributed by atoms with van der Waals surface area (Å²) in [6.45, 7) is 11.7. The molecule has 170 valence electrons. The van der Waals surface area contributed by atoms with E-state index >= 15 is 0 Å². The van der Waals surface area contributed by atoms with Crippen LogP contribution in [0.2, 0.25) is 0 Å². The van der Waals surface area contributed by atoms with E-state index in [-0.39, 0.29) is 12.2 Å². The zero-order valence-electron chi connectivity index (χ0n) is 19.3. The van der Waals surface area contributed by atoms with Crippen LogP contribution in [0.3, 0.4) is 0 Å². The van der Waals surface area contributed by atoms with E-state index in [4.69, 9.17) is 19.9 Å². The first-order chi connectivity index (χ1) is 14.4. The Hall–Kier alpha value is -2.02. The number of ether oxygens (including phenoxy) is 3. The fourth-order valence-electron chi connectivity index (χ4n) is 5.31. The van der Waals surface area contributed by atoms with E-state index in [0.29, 0.717) is 42.1 Å². The highest BCUT2D eigenvalue weighted by atomic mass is 16.6. The first-order valence-electron chi connectivity index (χ1n) is 11.5. The molecule has 1 amide bonds. The maximum absolute atomic E-state index is 12.3. The molecule has 0 aromatic carbocycles. The van der Waals surface area contributed by atoms with Crippen LogP contribution < -0.4 is 15.2 Å². The Morgan fingerprint density at radius 1 is 1.13 bits per heavy atom. The van der Waals surface area contributed by atoms with E-state index in [0.717, 1.165) is 18.1 Å². The number of hydrogen-bond acceptors (Lipinski definition) is 6. The molecule has 5 fully saturated rings. The number of pyridine rings is 1. The highest BCUT2D eigenvalue weighted by molar-refractivity contribution is 5.69. The van der Waals surface area contributed by atoms with E-state index < -0.39 is 11.1 Å². The zero-order valence-corrected chi connectivity index (χ0v) is 19.3. The van der Waals surface area contributed by atoms with Gasteiger partial charge in [0.25, 0.3) is 0 Å². The van der Waals surface area contributed by atoms with Crippen LogP contribution in [0.25, 0.3) is 0 Å². The van der Waals surface area contributed by atoms with E-state index in [1.54, 1.807) is 4.90 Å². The fraction of sp³-hybridized carbons (Fsp3) is 0.750. The van der Waals surface area contributed by atoms with Gasteiger partial charge in [-0.25, -0.2) is 4.79 Å². The van der Waals surface area contributed by atoms with Gasteiger partial charge in [-0.2, -0.15) is 4.98 Å². The number of aromatic nitrogens is 1. The summed E-state index contributed by atoms with van der Waals surface area (Å²) in [5.41, 5.74) is 6.72. The number of carbonyl (C=O) groups is 1. The van der Waals surface area contributed by atoms with Gasteiger partial charge in [-0.05, 0) is 65.4 Å². The number of hydrogen-bond donors (Lipinski definition) is 1. The molecule has 7 heteroatoms. The molecule has 6 rings (SSSR count). The quantitative estimate of drug-likeness (QED) is 0.742. The molecule has 1 aromatic heterocycles. The monoisotopic (exact) mass is 429 g/mol. The van der Waals surface area contributed by atoms with Gasteiger partial charge < -0.3 is 24.8 Å². The van der Waals surface area contributed by atoms with Crippen molar-refractivity contribution in [3.05, 3.63) is 17.7 Å².